The Hall–Kier alpha value is -4.65. The number of hydrogen-bond donors (Lipinski definition) is 3. The molecule has 1 aliphatic rings. The molecule has 3 N–H and O–H groups in total. The highest BCUT2D eigenvalue weighted by Gasteiger charge is 2.19. The van der Waals surface area contributed by atoms with E-state index in [4.69, 9.17) is 4.74 Å². The number of nitrogens with one attached hydrogen (secondary N) is 2. The summed E-state index contributed by atoms with van der Waals surface area (Å²) in [5.41, 5.74) is 1.48. The van der Waals surface area contributed by atoms with Crippen molar-refractivity contribution in [1.29, 1.82) is 5.26 Å². The maximum absolute atomic E-state index is 12.5. The minimum Gasteiger partial charge on any atom is -0.491 e. The number of likely N-dealkylation sites (tertiary alicyclic amines) is 1. The van der Waals surface area contributed by atoms with Gasteiger partial charge in [0.1, 0.15) is 12.4 Å². The van der Waals surface area contributed by atoms with Crippen LogP contribution in [0.25, 0.3) is 6.08 Å². The number of nitriles is 1. The van der Waals surface area contributed by atoms with Crippen LogP contribution >= 0.6 is 0 Å². The summed E-state index contributed by atoms with van der Waals surface area (Å²) in [7, 11) is 1.41. The van der Waals surface area contributed by atoms with Gasteiger partial charge in [0.05, 0.1) is 24.6 Å². The van der Waals surface area contributed by atoms with Gasteiger partial charge in [-0.05, 0) is 61.4 Å². The molecular formula is C27H28N4O6. The van der Waals surface area contributed by atoms with E-state index < -0.39 is 11.9 Å². The Morgan fingerprint density at radius 1 is 1.08 bits per heavy atom. The predicted molar refractivity (Wildman–Crippen MR) is 135 cm³/mol. The smallest absolute Gasteiger partial charge is 0.332 e. The van der Waals surface area contributed by atoms with Crippen molar-refractivity contribution in [3.8, 4) is 11.8 Å². The molecule has 0 bridgehead atoms. The summed E-state index contributed by atoms with van der Waals surface area (Å²) in [5.74, 6) is -1.84. The highest BCUT2D eigenvalue weighted by molar-refractivity contribution is 5.99. The minimum absolute atomic E-state index is 0.0382. The van der Waals surface area contributed by atoms with Crippen LogP contribution in [0.4, 0.5) is 0 Å². The number of aliphatic carboxylic acids is 1. The van der Waals surface area contributed by atoms with Gasteiger partial charge in [-0.15, -0.1) is 0 Å². The highest BCUT2D eigenvalue weighted by atomic mass is 16.5. The Morgan fingerprint density at radius 2 is 1.76 bits per heavy atom. The first-order valence-electron chi connectivity index (χ1n) is 11.8. The van der Waals surface area contributed by atoms with Gasteiger partial charge >= 0.3 is 5.97 Å². The van der Waals surface area contributed by atoms with Crippen LogP contribution in [0.1, 0.15) is 51.1 Å². The van der Waals surface area contributed by atoms with Gasteiger partial charge in [-0.2, -0.15) is 5.26 Å². The fraction of sp³-hybridized carbons (Fsp3) is 0.296. The van der Waals surface area contributed by atoms with Crippen molar-refractivity contribution >= 4 is 29.8 Å². The third-order valence-electron chi connectivity index (χ3n) is 5.81. The van der Waals surface area contributed by atoms with Gasteiger partial charge in [0, 0.05) is 42.4 Å². The van der Waals surface area contributed by atoms with Crippen LogP contribution in [-0.4, -0.2) is 67.0 Å². The lowest BCUT2D eigenvalue weighted by atomic mass is 10.1. The minimum atomic E-state index is -1.25. The van der Waals surface area contributed by atoms with Crippen LogP contribution in [0.2, 0.25) is 0 Å². The molecule has 0 aromatic heterocycles. The van der Waals surface area contributed by atoms with Crippen molar-refractivity contribution in [3.63, 3.8) is 0 Å². The summed E-state index contributed by atoms with van der Waals surface area (Å²) < 4.78 is 5.73. The molecule has 1 aliphatic heterocycles. The number of carboxylic acid groups (broad SMARTS) is 1. The molecule has 2 aromatic carbocycles. The van der Waals surface area contributed by atoms with Crippen molar-refractivity contribution in [3.05, 3.63) is 70.3 Å². The van der Waals surface area contributed by atoms with Crippen LogP contribution in [0.3, 0.4) is 0 Å². The molecule has 0 radical (unpaired) electrons. The second kappa shape index (κ2) is 12.9. The van der Waals surface area contributed by atoms with E-state index in [0.717, 1.165) is 25.9 Å². The summed E-state index contributed by atoms with van der Waals surface area (Å²) >= 11 is 0. The molecule has 2 aromatic rings. The predicted octanol–water partition coefficient (Wildman–Crippen LogP) is 2.21. The molecule has 0 saturated carbocycles. The third kappa shape index (κ3) is 7.41. The Kier molecular flexibility index (Phi) is 9.38. The summed E-state index contributed by atoms with van der Waals surface area (Å²) in [6, 6.07) is 13.0. The second-order valence-corrected chi connectivity index (χ2v) is 8.37. The van der Waals surface area contributed by atoms with Crippen molar-refractivity contribution in [2.75, 3.05) is 33.3 Å². The van der Waals surface area contributed by atoms with Crippen molar-refractivity contribution in [2.24, 2.45) is 0 Å². The normalized spacial score (nSPS) is 13.0. The number of rotatable bonds is 10. The van der Waals surface area contributed by atoms with E-state index in [1.165, 1.54) is 31.3 Å². The van der Waals surface area contributed by atoms with Gasteiger partial charge in [0.2, 0.25) is 5.91 Å². The SMILES string of the molecule is CNC(=O)CC(=Cc1ccc(C#N)cc1OCCNC(=O)c1ccc(C(=O)N2CCCC2)cc1)C(=O)O. The lowest BCUT2D eigenvalue weighted by molar-refractivity contribution is -0.134. The Labute approximate surface area is 214 Å². The average molecular weight is 505 g/mol. The summed E-state index contributed by atoms with van der Waals surface area (Å²) in [6.07, 6.45) is 2.99. The Bertz CT molecular complexity index is 1240. The van der Waals surface area contributed by atoms with E-state index in [0.29, 0.717) is 22.3 Å². The molecule has 37 heavy (non-hydrogen) atoms. The van der Waals surface area contributed by atoms with Gasteiger partial charge in [-0.3, -0.25) is 14.4 Å². The Balaban J connectivity index is 1.61. The largest absolute Gasteiger partial charge is 0.491 e. The third-order valence-corrected chi connectivity index (χ3v) is 5.81. The van der Waals surface area contributed by atoms with Crippen molar-refractivity contribution < 1.29 is 29.0 Å². The van der Waals surface area contributed by atoms with Gasteiger partial charge in [0.15, 0.2) is 0 Å². The number of carbonyl (C=O) groups excluding carboxylic acids is 3. The molecule has 0 spiro atoms. The van der Waals surface area contributed by atoms with Crippen molar-refractivity contribution in [2.45, 2.75) is 19.3 Å². The molecule has 10 nitrogen and oxygen atoms in total. The number of amides is 3. The van der Waals surface area contributed by atoms with Gasteiger partial charge in [-0.25, -0.2) is 4.79 Å². The highest BCUT2D eigenvalue weighted by Crippen LogP contribution is 2.24. The number of ether oxygens (including phenoxy) is 1. The molecule has 0 unspecified atom stereocenters. The number of benzene rings is 2. The first-order chi connectivity index (χ1) is 17.8. The van der Waals surface area contributed by atoms with E-state index >= 15 is 0 Å². The molecule has 1 fully saturated rings. The lowest BCUT2D eigenvalue weighted by Crippen LogP contribution is -2.29. The zero-order valence-corrected chi connectivity index (χ0v) is 20.5. The topological polar surface area (TPSA) is 149 Å². The molecule has 1 heterocycles. The van der Waals surface area contributed by atoms with Crippen LogP contribution in [0.5, 0.6) is 5.75 Å². The number of nitrogens with zero attached hydrogens (tertiary/aromatic N) is 2. The Morgan fingerprint density at radius 3 is 2.38 bits per heavy atom. The fourth-order valence-electron chi connectivity index (χ4n) is 3.78. The molecule has 192 valence electrons. The zero-order valence-electron chi connectivity index (χ0n) is 20.5. The first kappa shape index (κ1) is 26.9. The van der Waals surface area contributed by atoms with E-state index in [1.54, 1.807) is 29.2 Å². The molecule has 1 saturated heterocycles. The second-order valence-electron chi connectivity index (χ2n) is 8.37. The lowest BCUT2D eigenvalue weighted by Gasteiger charge is -2.15. The zero-order chi connectivity index (χ0) is 26.8. The van der Waals surface area contributed by atoms with E-state index in [1.807, 2.05) is 6.07 Å². The molecule has 3 rings (SSSR count). The van der Waals surface area contributed by atoms with E-state index in [2.05, 4.69) is 10.6 Å². The van der Waals surface area contributed by atoms with E-state index in [-0.39, 0.29) is 42.7 Å². The standard InChI is InChI=1S/C27H28N4O6/c1-29-24(32)16-22(27(35)36)15-21-5-4-18(17-28)14-23(21)37-13-10-30-25(33)19-6-8-20(9-7-19)26(34)31-11-2-3-12-31/h4-9,14-15H,2-3,10-13,16H2,1H3,(H,29,32)(H,30,33)(H,35,36). The van der Waals surface area contributed by atoms with Crippen molar-refractivity contribution in [1.82, 2.24) is 15.5 Å². The average Bonchev–Trinajstić information content (AvgIpc) is 3.45. The molecule has 10 heteroatoms. The number of hydrogen-bond acceptors (Lipinski definition) is 6. The summed E-state index contributed by atoms with van der Waals surface area (Å²) in [6.45, 7) is 1.69. The van der Waals surface area contributed by atoms with Crippen LogP contribution < -0.4 is 15.4 Å². The molecule has 3 amide bonds. The van der Waals surface area contributed by atoms with Gasteiger partial charge in [-0.1, -0.05) is 0 Å². The quantitative estimate of drug-likeness (QED) is 0.332. The number of carboxylic acids is 1. The van der Waals surface area contributed by atoms with Crippen LogP contribution in [-0.2, 0) is 9.59 Å². The summed E-state index contributed by atoms with van der Waals surface area (Å²) in [4.78, 5) is 50.0. The summed E-state index contributed by atoms with van der Waals surface area (Å²) in [5, 5.41) is 23.8. The monoisotopic (exact) mass is 504 g/mol. The molecule has 0 atom stereocenters. The van der Waals surface area contributed by atoms with Gasteiger partial charge < -0.3 is 25.4 Å². The van der Waals surface area contributed by atoms with E-state index in [9.17, 15) is 29.5 Å². The molecule has 0 aliphatic carbocycles. The first-order valence-corrected chi connectivity index (χ1v) is 11.8. The molecular weight excluding hydrogens is 476 g/mol. The van der Waals surface area contributed by atoms with Crippen LogP contribution in [0.15, 0.2) is 48.0 Å². The van der Waals surface area contributed by atoms with Crippen LogP contribution in [0, 0.1) is 11.3 Å². The fourth-order valence-corrected chi connectivity index (χ4v) is 3.78. The maximum Gasteiger partial charge on any atom is 0.332 e. The maximum atomic E-state index is 12.5. The van der Waals surface area contributed by atoms with Gasteiger partial charge in [0.25, 0.3) is 11.8 Å². The number of carbonyl (C=O) groups is 4.